The van der Waals surface area contributed by atoms with Gasteiger partial charge in [0.25, 0.3) is 0 Å². The van der Waals surface area contributed by atoms with Crippen molar-refractivity contribution in [1.29, 1.82) is 0 Å². The van der Waals surface area contributed by atoms with Gasteiger partial charge in [0.2, 0.25) is 0 Å². The molecule has 28 heavy (non-hydrogen) atoms. The van der Waals surface area contributed by atoms with Crippen LogP contribution in [0.5, 0.6) is 0 Å². The van der Waals surface area contributed by atoms with Gasteiger partial charge >= 0.3 is 29.6 Å². The molecule has 0 atom stereocenters. The predicted molar refractivity (Wildman–Crippen MR) is 110 cm³/mol. The summed E-state index contributed by atoms with van der Waals surface area (Å²) in [5.41, 5.74) is 0.202. The third kappa shape index (κ3) is 34.0. The molecule has 164 valence electrons. The third-order valence-electron chi connectivity index (χ3n) is 3.25. The number of hydrogen-bond donors (Lipinski definition) is 1. The Labute approximate surface area is 195 Å². The molecule has 0 unspecified atom stereocenters. The molecule has 0 aliphatic carbocycles. The number of carbonyl (C=O) groups is 1. The smallest absolute Gasteiger partial charge is 0.411 e. The van der Waals surface area contributed by atoms with Crippen molar-refractivity contribution in [3.63, 3.8) is 0 Å². The summed E-state index contributed by atoms with van der Waals surface area (Å²) >= 11 is 0. The summed E-state index contributed by atoms with van der Waals surface area (Å²) in [6, 6.07) is 0. The average molecular weight is 415 g/mol. The van der Waals surface area contributed by atoms with Crippen LogP contribution in [0.4, 0.5) is 0 Å². The zero-order valence-corrected chi connectivity index (χ0v) is 21.3. The van der Waals surface area contributed by atoms with Crippen molar-refractivity contribution < 1.29 is 53.3 Å². The topological polar surface area (TPSA) is 69.3 Å². The van der Waals surface area contributed by atoms with Crippen LogP contribution < -0.4 is 34.9 Å². The Morgan fingerprint density at radius 1 is 0.893 bits per heavy atom. The molecule has 0 spiro atoms. The molecule has 0 saturated heterocycles. The second kappa shape index (κ2) is 25.5. The molecule has 0 saturated carbocycles. The van der Waals surface area contributed by atoms with Crippen molar-refractivity contribution in [2.75, 3.05) is 79.5 Å². The molecule has 0 amide bonds. The van der Waals surface area contributed by atoms with E-state index in [9.17, 15) is 0 Å². The van der Waals surface area contributed by atoms with E-state index in [4.69, 9.17) is 23.7 Å². The van der Waals surface area contributed by atoms with Crippen molar-refractivity contribution in [1.82, 2.24) is 10.2 Å². The van der Waals surface area contributed by atoms with Crippen molar-refractivity contribution in [3.8, 4) is 0 Å². The van der Waals surface area contributed by atoms with Crippen LogP contribution in [-0.4, -0.2) is 96.3 Å². The Morgan fingerprint density at radius 3 is 1.75 bits per heavy atom. The first-order valence-electron chi connectivity index (χ1n) is 9.81. The minimum absolute atomic E-state index is 0. The molecule has 0 aromatic heterocycles. The van der Waals surface area contributed by atoms with Crippen LogP contribution in [0.15, 0.2) is 0 Å². The van der Waals surface area contributed by atoms with Crippen molar-refractivity contribution in [2.24, 2.45) is 0 Å². The first kappa shape index (κ1) is 33.1. The van der Waals surface area contributed by atoms with Crippen LogP contribution in [0.2, 0.25) is 0 Å². The van der Waals surface area contributed by atoms with E-state index in [2.05, 4.69) is 45.0 Å². The molecule has 0 aromatic carbocycles. The zero-order valence-electron chi connectivity index (χ0n) is 19.3. The first-order valence-corrected chi connectivity index (χ1v) is 9.81. The molecule has 0 aromatic rings. The number of likely N-dealkylation sites (N-methyl/N-ethyl adjacent to an activating group) is 1. The van der Waals surface area contributed by atoms with E-state index in [1.165, 1.54) is 6.92 Å². The van der Waals surface area contributed by atoms with E-state index in [1.807, 2.05) is 0 Å². The van der Waals surface area contributed by atoms with E-state index in [0.29, 0.717) is 46.2 Å². The van der Waals surface area contributed by atoms with Crippen molar-refractivity contribution in [2.45, 2.75) is 39.7 Å². The molecule has 7 nitrogen and oxygen atoms in total. The van der Waals surface area contributed by atoms with Crippen molar-refractivity contribution in [3.05, 3.63) is 6.92 Å². The quantitative estimate of drug-likeness (QED) is 0.139. The monoisotopic (exact) mass is 414 g/mol. The second-order valence-electron chi connectivity index (χ2n) is 7.02. The zero-order chi connectivity index (χ0) is 20.8. The standard InChI is InChI=1S/C18H39N2O4.C2H4O.Na/c1-6-21-12-13-23-16-17-24-15-14-22-11-10-20(5)9-7-8-19-18(2,3)4;1-2-3;/h19H,1,6-17H2,2-5H3;2H,1H3;/q-1;;+1. The van der Waals surface area contributed by atoms with Crippen LogP contribution in [0.1, 0.15) is 34.1 Å². The minimum atomic E-state index is 0. The summed E-state index contributed by atoms with van der Waals surface area (Å²) in [4.78, 5) is 11.1. The van der Waals surface area contributed by atoms with Gasteiger partial charge in [-0.2, -0.15) is 0 Å². The number of aldehydes is 1. The van der Waals surface area contributed by atoms with Crippen LogP contribution in [-0.2, 0) is 23.7 Å². The Balaban J connectivity index is -0.00000146. The second-order valence-corrected chi connectivity index (χ2v) is 7.02. The summed E-state index contributed by atoms with van der Waals surface area (Å²) in [5.74, 6) is 0. The Kier molecular flexibility index (Phi) is 30.1. The van der Waals surface area contributed by atoms with E-state index in [0.717, 1.165) is 38.9 Å². The van der Waals surface area contributed by atoms with Gasteiger partial charge in [0, 0.05) is 12.1 Å². The SMILES string of the molecule is CC=O.[CH2-]COCCOCCOCCOCCN(C)CCCNC(C)(C)C.[Na+]. The fourth-order valence-corrected chi connectivity index (χ4v) is 1.91. The fourth-order valence-electron chi connectivity index (χ4n) is 1.91. The molecule has 1 N–H and O–H groups in total. The fraction of sp³-hybridized carbons (Fsp3) is 0.900. The summed E-state index contributed by atoms with van der Waals surface area (Å²) < 4.78 is 21.4. The number of carbonyl (C=O) groups excluding carboxylic acids is 1. The van der Waals surface area contributed by atoms with Gasteiger partial charge in [-0.05, 0) is 54.3 Å². The maximum Gasteiger partial charge on any atom is 1.00 e. The summed E-state index contributed by atoms with van der Waals surface area (Å²) in [6.45, 7) is 19.5. The third-order valence-corrected chi connectivity index (χ3v) is 3.25. The first-order chi connectivity index (χ1) is 12.9. The molecular formula is C20H43N2NaO5. The van der Waals surface area contributed by atoms with Gasteiger partial charge in [0.1, 0.15) is 6.29 Å². The van der Waals surface area contributed by atoms with Gasteiger partial charge in [-0.3, -0.25) is 0 Å². The maximum atomic E-state index is 8.81. The summed E-state index contributed by atoms with van der Waals surface area (Å²) in [6.07, 6.45) is 1.90. The number of nitrogens with zero attached hydrogens (tertiary/aromatic N) is 1. The van der Waals surface area contributed by atoms with Crippen LogP contribution in [0.3, 0.4) is 0 Å². The van der Waals surface area contributed by atoms with E-state index in [1.54, 1.807) is 0 Å². The Bertz CT molecular complexity index is 305. The number of hydrogen-bond acceptors (Lipinski definition) is 7. The predicted octanol–water partition coefficient (Wildman–Crippen LogP) is -1.19. The molecule has 0 heterocycles. The van der Waals surface area contributed by atoms with Gasteiger partial charge in [-0.25, -0.2) is 0 Å². The van der Waals surface area contributed by atoms with Crippen LogP contribution in [0, 0.1) is 6.92 Å². The van der Waals surface area contributed by atoms with E-state index >= 15 is 0 Å². The maximum absolute atomic E-state index is 8.81. The number of nitrogens with one attached hydrogen (secondary N) is 1. The Morgan fingerprint density at radius 2 is 1.32 bits per heavy atom. The Hall–Kier alpha value is 0.430. The molecule has 8 heteroatoms. The number of rotatable bonds is 17. The molecule has 0 radical (unpaired) electrons. The van der Waals surface area contributed by atoms with Gasteiger partial charge in [-0.1, -0.05) is 6.61 Å². The van der Waals surface area contributed by atoms with Crippen LogP contribution >= 0.6 is 0 Å². The normalized spacial score (nSPS) is 11.0. The van der Waals surface area contributed by atoms with Gasteiger partial charge in [-0.15, -0.1) is 0 Å². The van der Waals surface area contributed by atoms with E-state index in [-0.39, 0.29) is 35.1 Å². The molecule has 0 aliphatic rings. The largest absolute Gasteiger partial charge is 1.00 e. The molecule has 0 fully saturated rings. The van der Waals surface area contributed by atoms with Gasteiger partial charge < -0.3 is 40.9 Å². The molecule has 0 bridgehead atoms. The minimum Gasteiger partial charge on any atom is -0.411 e. The molecule has 0 rings (SSSR count). The average Bonchev–Trinajstić information content (AvgIpc) is 2.59. The molecule has 0 aliphatic heterocycles. The van der Waals surface area contributed by atoms with Crippen molar-refractivity contribution >= 4 is 6.29 Å². The van der Waals surface area contributed by atoms with Gasteiger partial charge in [0.05, 0.1) is 46.2 Å². The van der Waals surface area contributed by atoms with E-state index < -0.39 is 0 Å². The number of ether oxygens (including phenoxy) is 4. The van der Waals surface area contributed by atoms with Crippen LogP contribution in [0.25, 0.3) is 0 Å². The van der Waals surface area contributed by atoms with Gasteiger partial charge in [0.15, 0.2) is 0 Å². The summed E-state index contributed by atoms with van der Waals surface area (Å²) in [5, 5.41) is 3.50. The summed E-state index contributed by atoms with van der Waals surface area (Å²) in [7, 11) is 2.13. The molecular weight excluding hydrogens is 371 g/mol.